The molecule has 1 heterocycles. The maximum absolute atomic E-state index is 12.3. The molecule has 23 heavy (non-hydrogen) atoms. The van der Waals surface area contributed by atoms with E-state index in [0.29, 0.717) is 37.3 Å². The van der Waals surface area contributed by atoms with E-state index < -0.39 is 5.54 Å². The number of nitrogens with two attached hydrogens (primary N) is 1. The first-order chi connectivity index (χ1) is 10.3. The van der Waals surface area contributed by atoms with Gasteiger partial charge in [0.05, 0.1) is 10.6 Å². The molecule has 0 saturated carbocycles. The highest BCUT2D eigenvalue weighted by Crippen LogP contribution is 2.24. The maximum Gasteiger partial charge on any atom is 0.254 e. The van der Waals surface area contributed by atoms with E-state index in [0.717, 1.165) is 0 Å². The van der Waals surface area contributed by atoms with Gasteiger partial charge >= 0.3 is 0 Å². The van der Waals surface area contributed by atoms with Crippen molar-refractivity contribution in [2.45, 2.75) is 18.4 Å². The monoisotopic (exact) mass is 361 g/mol. The summed E-state index contributed by atoms with van der Waals surface area (Å²) in [7, 11) is 3.30. The number of nitrogens with zero attached hydrogens (tertiary/aromatic N) is 1. The fourth-order valence-corrected chi connectivity index (χ4v) is 2.49. The van der Waals surface area contributed by atoms with Gasteiger partial charge in [0, 0.05) is 33.0 Å². The molecule has 0 unspecified atom stereocenters. The molecule has 1 aromatic carbocycles. The Hall–Kier alpha value is -1.34. The number of halogens is 2. The van der Waals surface area contributed by atoms with Crippen molar-refractivity contribution in [3.8, 4) is 0 Å². The molecule has 1 aliphatic rings. The smallest absolute Gasteiger partial charge is 0.254 e. The second-order valence-corrected chi connectivity index (χ2v) is 6.02. The van der Waals surface area contributed by atoms with Crippen LogP contribution in [0.4, 0.5) is 5.69 Å². The molecule has 128 valence electrons. The van der Waals surface area contributed by atoms with Crippen LogP contribution in [0.15, 0.2) is 18.2 Å². The van der Waals surface area contributed by atoms with Crippen LogP contribution in [-0.4, -0.2) is 49.6 Å². The van der Waals surface area contributed by atoms with E-state index in [-0.39, 0.29) is 29.2 Å². The average Bonchev–Trinajstić information content (AvgIpc) is 2.47. The molecule has 1 fully saturated rings. The van der Waals surface area contributed by atoms with E-state index in [1.165, 1.54) is 4.90 Å². The molecule has 0 bridgehead atoms. The fraction of sp³-hybridized carbons (Fsp3) is 0.467. The topological polar surface area (TPSA) is 84.7 Å². The van der Waals surface area contributed by atoms with Crippen LogP contribution in [0, 0.1) is 0 Å². The predicted molar refractivity (Wildman–Crippen MR) is 92.3 cm³/mol. The van der Waals surface area contributed by atoms with Gasteiger partial charge in [-0.15, -0.1) is 12.4 Å². The summed E-state index contributed by atoms with van der Waals surface area (Å²) in [5, 5.41) is 3.05. The molecule has 1 aliphatic heterocycles. The Labute approximate surface area is 146 Å². The molecule has 3 N–H and O–H groups in total. The highest BCUT2D eigenvalue weighted by Gasteiger charge is 2.36. The maximum atomic E-state index is 12.3. The number of ether oxygens (including phenoxy) is 1. The molecule has 8 heteroatoms. The second-order valence-electron chi connectivity index (χ2n) is 5.62. The van der Waals surface area contributed by atoms with Crippen LogP contribution in [0.5, 0.6) is 0 Å². The SMILES string of the molecule is CN(C)C(=O)c1ccc(NC(=O)C2(N)CCOCC2)cc1Cl.Cl. The summed E-state index contributed by atoms with van der Waals surface area (Å²) in [6.45, 7) is 0.946. The summed E-state index contributed by atoms with van der Waals surface area (Å²) in [5.74, 6) is -0.457. The molecule has 1 aromatic rings. The second kappa shape index (κ2) is 7.97. The highest BCUT2D eigenvalue weighted by atomic mass is 35.5. The summed E-state index contributed by atoms with van der Waals surface area (Å²) in [6, 6.07) is 4.79. The normalized spacial score (nSPS) is 16.2. The van der Waals surface area contributed by atoms with E-state index in [1.807, 2.05) is 0 Å². The summed E-state index contributed by atoms with van der Waals surface area (Å²) >= 11 is 6.12. The molecule has 0 aromatic heterocycles. The van der Waals surface area contributed by atoms with Crippen molar-refractivity contribution in [3.05, 3.63) is 28.8 Å². The van der Waals surface area contributed by atoms with Crippen LogP contribution in [-0.2, 0) is 9.53 Å². The Bertz CT molecular complexity index is 587. The van der Waals surface area contributed by atoms with Gasteiger partial charge in [0.2, 0.25) is 5.91 Å². The van der Waals surface area contributed by atoms with E-state index in [4.69, 9.17) is 22.1 Å². The Morgan fingerprint density at radius 1 is 1.30 bits per heavy atom. The van der Waals surface area contributed by atoms with Crippen molar-refractivity contribution in [2.75, 3.05) is 32.6 Å². The lowest BCUT2D eigenvalue weighted by Crippen LogP contribution is -2.54. The highest BCUT2D eigenvalue weighted by molar-refractivity contribution is 6.34. The Morgan fingerprint density at radius 2 is 1.91 bits per heavy atom. The van der Waals surface area contributed by atoms with Crippen molar-refractivity contribution in [2.24, 2.45) is 5.73 Å². The first kappa shape index (κ1) is 19.7. The van der Waals surface area contributed by atoms with Crippen LogP contribution >= 0.6 is 24.0 Å². The molecule has 6 nitrogen and oxygen atoms in total. The fourth-order valence-electron chi connectivity index (χ4n) is 2.23. The Morgan fingerprint density at radius 3 is 2.43 bits per heavy atom. The number of benzene rings is 1. The summed E-state index contributed by atoms with van der Waals surface area (Å²) in [5.41, 5.74) is 6.10. The number of carbonyl (C=O) groups is 2. The third-order valence-corrected chi connectivity index (χ3v) is 4.01. The van der Waals surface area contributed by atoms with Gasteiger partial charge in [-0.25, -0.2) is 0 Å². The lowest BCUT2D eigenvalue weighted by molar-refractivity contribution is -0.124. The minimum Gasteiger partial charge on any atom is -0.381 e. The number of hydrogen-bond donors (Lipinski definition) is 2. The average molecular weight is 362 g/mol. The minimum absolute atomic E-state index is 0. The lowest BCUT2D eigenvalue weighted by Gasteiger charge is -2.31. The third-order valence-electron chi connectivity index (χ3n) is 3.70. The van der Waals surface area contributed by atoms with Gasteiger partial charge in [0.1, 0.15) is 5.54 Å². The molecular weight excluding hydrogens is 341 g/mol. The number of amides is 2. The van der Waals surface area contributed by atoms with Crippen LogP contribution < -0.4 is 11.1 Å². The zero-order chi connectivity index (χ0) is 16.3. The van der Waals surface area contributed by atoms with Gasteiger partial charge in [-0.2, -0.15) is 0 Å². The van der Waals surface area contributed by atoms with Crippen molar-refractivity contribution in [1.29, 1.82) is 0 Å². The van der Waals surface area contributed by atoms with Gasteiger partial charge in [-0.1, -0.05) is 11.6 Å². The largest absolute Gasteiger partial charge is 0.381 e. The van der Waals surface area contributed by atoms with Gasteiger partial charge in [0.15, 0.2) is 0 Å². The summed E-state index contributed by atoms with van der Waals surface area (Å²) < 4.78 is 5.23. The summed E-state index contributed by atoms with van der Waals surface area (Å²) in [4.78, 5) is 25.7. The van der Waals surface area contributed by atoms with Crippen LogP contribution in [0.2, 0.25) is 5.02 Å². The van der Waals surface area contributed by atoms with Crippen molar-refractivity contribution < 1.29 is 14.3 Å². The van der Waals surface area contributed by atoms with E-state index in [1.54, 1.807) is 32.3 Å². The Kier molecular flexibility index (Phi) is 6.83. The van der Waals surface area contributed by atoms with Crippen molar-refractivity contribution in [3.63, 3.8) is 0 Å². The number of carbonyl (C=O) groups excluding carboxylic acids is 2. The Balaban J connectivity index is 0.00000264. The van der Waals surface area contributed by atoms with E-state index >= 15 is 0 Å². The number of nitrogens with one attached hydrogen (secondary N) is 1. The zero-order valence-electron chi connectivity index (χ0n) is 13.1. The number of anilines is 1. The van der Waals surface area contributed by atoms with Gasteiger partial charge in [0.25, 0.3) is 5.91 Å². The summed E-state index contributed by atoms with van der Waals surface area (Å²) in [6.07, 6.45) is 0.952. The van der Waals surface area contributed by atoms with Crippen molar-refractivity contribution >= 4 is 41.5 Å². The quantitative estimate of drug-likeness (QED) is 0.860. The molecule has 0 spiro atoms. The van der Waals surface area contributed by atoms with E-state index in [2.05, 4.69) is 5.32 Å². The molecular formula is C15H21Cl2N3O3. The number of rotatable bonds is 3. The predicted octanol–water partition coefficient (Wildman–Crippen LogP) is 1.91. The molecule has 0 aliphatic carbocycles. The lowest BCUT2D eigenvalue weighted by atomic mass is 9.90. The molecule has 0 radical (unpaired) electrons. The van der Waals surface area contributed by atoms with Gasteiger partial charge < -0.3 is 20.7 Å². The van der Waals surface area contributed by atoms with Crippen LogP contribution in [0.1, 0.15) is 23.2 Å². The minimum atomic E-state index is -0.928. The van der Waals surface area contributed by atoms with E-state index in [9.17, 15) is 9.59 Å². The van der Waals surface area contributed by atoms with Crippen LogP contribution in [0.25, 0.3) is 0 Å². The van der Waals surface area contributed by atoms with Crippen molar-refractivity contribution in [1.82, 2.24) is 4.90 Å². The van der Waals surface area contributed by atoms with Crippen LogP contribution in [0.3, 0.4) is 0 Å². The third kappa shape index (κ3) is 4.57. The zero-order valence-corrected chi connectivity index (χ0v) is 14.7. The number of hydrogen-bond acceptors (Lipinski definition) is 4. The molecule has 1 saturated heterocycles. The first-order valence-corrected chi connectivity index (χ1v) is 7.40. The molecule has 2 rings (SSSR count). The molecule has 0 atom stereocenters. The first-order valence-electron chi connectivity index (χ1n) is 7.03. The standard InChI is InChI=1S/C15H20ClN3O3.ClH/c1-19(2)13(20)11-4-3-10(9-12(11)16)18-14(21)15(17)5-7-22-8-6-15;/h3-4,9H,5-8,17H2,1-2H3,(H,18,21);1H. The van der Waals surface area contributed by atoms with Gasteiger partial charge in [-0.05, 0) is 31.0 Å². The van der Waals surface area contributed by atoms with Gasteiger partial charge in [-0.3, -0.25) is 9.59 Å². The molecule has 2 amide bonds.